The van der Waals surface area contributed by atoms with Gasteiger partial charge in [-0.05, 0) is 6.42 Å². The zero-order valence-corrected chi connectivity index (χ0v) is 14.4. The van der Waals surface area contributed by atoms with E-state index in [9.17, 15) is 4.79 Å². The Morgan fingerprint density at radius 1 is 0.619 bits per heavy atom. The van der Waals surface area contributed by atoms with Crippen LogP contribution in [-0.2, 0) is 4.79 Å². The lowest BCUT2D eigenvalue weighted by Crippen LogP contribution is -1.93. The summed E-state index contributed by atoms with van der Waals surface area (Å²) in [5.74, 6) is -0.654. The van der Waals surface area contributed by atoms with Crippen molar-refractivity contribution in [1.82, 2.24) is 0 Å². The summed E-state index contributed by atoms with van der Waals surface area (Å²) in [6.45, 7) is 2.27. The van der Waals surface area contributed by atoms with E-state index >= 15 is 0 Å². The monoisotopic (exact) mass is 302 g/mol. The van der Waals surface area contributed by atoms with Crippen molar-refractivity contribution in [3.05, 3.63) is 0 Å². The first-order chi connectivity index (χ1) is 10.3. The van der Waals surface area contributed by atoms with Gasteiger partial charge >= 0.3 is 5.97 Å². The van der Waals surface area contributed by atoms with E-state index in [0.717, 1.165) is 20.0 Å². The Morgan fingerprint density at radius 2 is 0.905 bits per heavy atom. The average Bonchev–Trinajstić information content (AvgIpc) is 2.49. The second-order valence-electron chi connectivity index (χ2n) is 5.74. The molecular formula is C18H38O3. The van der Waals surface area contributed by atoms with Gasteiger partial charge in [-0.25, -0.2) is 0 Å². The van der Waals surface area contributed by atoms with Gasteiger partial charge in [0.15, 0.2) is 0 Å². The molecule has 0 spiro atoms. The van der Waals surface area contributed by atoms with Gasteiger partial charge in [0, 0.05) is 13.5 Å². The van der Waals surface area contributed by atoms with E-state index in [1.165, 1.54) is 77.0 Å². The standard InChI is InChI=1S/C17H34O2.CH4O/c1-2-3-4-5-6-7-8-9-10-11-12-13-14-15-16-17(18)19;1-2/h2-16H2,1H3,(H,18,19);2H,1H3. The van der Waals surface area contributed by atoms with Crippen molar-refractivity contribution in [3.63, 3.8) is 0 Å². The molecule has 128 valence electrons. The predicted molar refractivity (Wildman–Crippen MR) is 90.7 cm³/mol. The van der Waals surface area contributed by atoms with Crippen LogP contribution in [0.1, 0.15) is 103 Å². The van der Waals surface area contributed by atoms with Gasteiger partial charge < -0.3 is 10.2 Å². The topological polar surface area (TPSA) is 57.5 Å². The Labute approximate surface area is 132 Å². The lowest BCUT2D eigenvalue weighted by atomic mass is 10.0. The number of hydrogen-bond acceptors (Lipinski definition) is 2. The molecular weight excluding hydrogens is 264 g/mol. The third-order valence-electron chi connectivity index (χ3n) is 3.74. The molecule has 0 radical (unpaired) electrons. The Balaban J connectivity index is 0. The molecule has 0 amide bonds. The molecule has 0 heterocycles. The quantitative estimate of drug-likeness (QED) is 0.390. The van der Waals surface area contributed by atoms with Gasteiger partial charge in [-0.1, -0.05) is 90.4 Å². The van der Waals surface area contributed by atoms with Crippen molar-refractivity contribution in [2.24, 2.45) is 0 Å². The minimum atomic E-state index is -0.654. The van der Waals surface area contributed by atoms with Gasteiger partial charge in [0.1, 0.15) is 0 Å². The number of aliphatic hydroxyl groups excluding tert-OH is 1. The van der Waals surface area contributed by atoms with Crippen molar-refractivity contribution in [2.75, 3.05) is 7.11 Å². The highest BCUT2D eigenvalue weighted by molar-refractivity contribution is 5.66. The van der Waals surface area contributed by atoms with Crippen molar-refractivity contribution >= 4 is 5.97 Å². The van der Waals surface area contributed by atoms with E-state index in [1.807, 2.05) is 0 Å². The summed E-state index contributed by atoms with van der Waals surface area (Å²) in [5.41, 5.74) is 0. The highest BCUT2D eigenvalue weighted by Crippen LogP contribution is 2.13. The molecule has 3 nitrogen and oxygen atoms in total. The number of carboxylic acids is 1. The summed E-state index contributed by atoms with van der Waals surface area (Å²) in [5, 5.41) is 15.5. The molecule has 0 atom stereocenters. The van der Waals surface area contributed by atoms with Crippen molar-refractivity contribution in [1.29, 1.82) is 0 Å². The molecule has 21 heavy (non-hydrogen) atoms. The number of hydrogen-bond donors (Lipinski definition) is 2. The molecule has 0 unspecified atom stereocenters. The summed E-state index contributed by atoms with van der Waals surface area (Å²) >= 11 is 0. The van der Waals surface area contributed by atoms with Crippen LogP contribution >= 0.6 is 0 Å². The van der Waals surface area contributed by atoms with Crippen molar-refractivity contribution in [3.8, 4) is 0 Å². The second kappa shape index (κ2) is 21.7. The van der Waals surface area contributed by atoms with E-state index in [0.29, 0.717) is 6.42 Å². The number of rotatable bonds is 15. The van der Waals surface area contributed by atoms with Crippen LogP contribution in [0.3, 0.4) is 0 Å². The molecule has 0 aliphatic heterocycles. The third-order valence-corrected chi connectivity index (χ3v) is 3.74. The van der Waals surface area contributed by atoms with Crippen molar-refractivity contribution in [2.45, 2.75) is 103 Å². The van der Waals surface area contributed by atoms with Gasteiger partial charge in [-0.3, -0.25) is 4.79 Å². The molecule has 0 aromatic rings. The van der Waals surface area contributed by atoms with Crippen LogP contribution in [0.2, 0.25) is 0 Å². The van der Waals surface area contributed by atoms with Crippen molar-refractivity contribution < 1.29 is 15.0 Å². The van der Waals surface area contributed by atoms with Gasteiger partial charge in [0.2, 0.25) is 0 Å². The van der Waals surface area contributed by atoms with Crippen LogP contribution < -0.4 is 0 Å². The number of aliphatic hydroxyl groups is 1. The van der Waals surface area contributed by atoms with Crippen LogP contribution in [-0.4, -0.2) is 23.3 Å². The maximum atomic E-state index is 10.3. The van der Waals surface area contributed by atoms with Crippen LogP contribution in [0, 0.1) is 0 Å². The van der Waals surface area contributed by atoms with Crippen LogP contribution in [0.25, 0.3) is 0 Å². The predicted octanol–water partition coefficient (Wildman–Crippen LogP) is 5.55. The first kappa shape index (κ1) is 22.7. The molecule has 0 aliphatic rings. The summed E-state index contributed by atoms with van der Waals surface area (Å²) < 4.78 is 0. The van der Waals surface area contributed by atoms with Gasteiger partial charge in [0.05, 0.1) is 0 Å². The molecule has 3 heteroatoms. The molecule has 0 aliphatic carbocycles. The Bertz CT molecular complexity index is 193. The van der Waals surface area contributed by atoms with E-state index in [1.54, 1.807) is 0 Å². The van der Waals surface area contributed by atoms with Gasteiger partial charge in [-0.2, -0.15) is 0 Å². The highest BCUT2D eigenvalue weighted by atomic mass is 16.4. The minimum absolute atomic E-state index is 0.345. The third kappa shape index (κ3) is 24.8. The largest absolute Gasteiger partial charge is 0.481 e. The summed E-state index contributed by atoms with van der Waals surface area (Å²) in [4.78, 5) is 10.3. The fourth-order valence-electron chi connectivity index (χ4n) is 2.47. The zero-order chi connectivity index (χ0) is 16.2. The maximum absolute atomic E-state index is 10.3. The van der Waals surface area contributed by atoms with E-state index in [-0.39, 0.29) is 0 Å². The van der Waals surface area contributed by atoms with E-state index in [4.69, 9.17) is 10.2 Å². The normalized spacial score (nSPS) is 10.0. The lowest BCUT2D eigenvalue weighted by molar-refractivity contribution is -0.137. The Kier molecular flexibility index (Phi) is 23.5. The van der Waals surface area contributed by atoms with E-state index in [2.05, 4.69) is 6.92 Å². The fourth-order valence-corrected chi connectivity index (χ4v) is 2.47. The number of carbonyl (C=O) groups is 1. The Hall–Kier alpha value is -0.570. The zero-order valence-electron chi connectivity index (χ0n) is 14.4. The number of aliphatic carboxylic acids is 1. The maximum Gasteiger partial charge on any atom is 0.303 e. The number of carboxylic acid groups (broad SMARTS) is 1. The lowest BCUT2D eigenvalue weighted by Gasteiger charge is -2.02. The summed E-state index contributed by atoms with van der Waals surface area (Å²) in [6.07, 6.45) is 18.7. The summed E-state index contributed by atoms with van der Waals surface area (Å²) in [6, 6.07) is 0. The summed E-state index contributed by atoms with van der Waals surface area (Å²) in [7, 11) is 1.00. The molecule has 0 bridgehead atoms. The molecule has 0 saturated carbocycles. The molecule has 0 aromatic heterocycles. The molecule has 0 fully saturated rings. The highest BCUT2D eigenvalue weighted by Gasteiger charge is 1.96. The van der Waals surface area contributed by atoms with Crippen LogP contribution in [0.5, 0.6) is 0 Å². The minimum Gasteiger partial charge on any atom is -0.481 e. The first-order valence-electron chi connectivity index (χ1n) is 8.94. The molecule has 0 aromatic carbocycles. The molecule has 0 saturated heterocycles. The van der Waals surface area contributed by atoms with Gasteiger partial charge in [-0.15, -0.1) is 0 Å². The molecule has 2 N–H and O–H groups in total. The van der Waals surface area contributed by atoms with Crippen LogP contribution in [0.15, 0.2) is 0 Å². The smallest absolute Gasteiger partial charge is 0.303 e. The Morgan fingerprint density at radius 3 is 1.19 bits per heavy atom. The average molecular weight is 302 g/mol. The second-order valence-corrected chi connectivity index (χ2v) is 5.74. The fraction of sp³-hybridized carbons (Fsp3) is 0.944. The number of unbranched alkanes of at least 4 members (excludes halogenated alkanes) is 13. The van der Waals surface area contributed by atoms with Crippen LogP contribution in [0.4, 0.5) is 0 Å². The van der Waals surface area contributed by atoms with Gasteiger partial charge in [0.25, 0.3) is 0 Å². The molecule has 0 rings (SSSR count). The SMILES string of the molecule is CCCCCCCCCCCCCCCCC(=O)O.CO. The van der Waals surface area contributed by atoms with E-state index < -0.39 is 5.97 Å². The first-order valence-corrected chi connectivity index (χ1v) is 8.94.